The molecule has 1 heterocycles. The zero-order valence-corrected chi connectivity index (χ0v) is 9.33. The average molecular weight is 231 g/mol. The van der Waals surface area contributed by atoms with Crippen molar-refractivity contribution >= 4 is 11.7 Å². The third-order valence-corrected chi connectivity index (χ3v) is 2.32. The van der Waals surface area contributed by atoms with Gasteiger partial charge in [0.15, 0.2) is 0 Å². The number of anilines is 1. The molecule has 2 aromatic rings. The zero-order valence-electron chi connectivity index (χ0n) is 9.33. The molecule has 0 saturated heterocycles. The smallest absolute Gasteiger partial charge is 0.247 e. The first-order valence-corrected chi connectivity index (χ1v) is 5.20. The molecule has 17 heavy (non-hydrogen) atoms. The van der Waals surface area contributed by atoms with Crippen molar-refractivity contribution in [2.75, 3.05) is 5.32 Å². The van der Waals surface area contributed by atoms with E-state index in [2.05, 4.69) is 10.3 Å². The Morgan fingerprint density at radius 2 is 1.88 bits per heavy atom. The van der Waals surface area contributed by atoms with Gasteiger partial charge in [-0.2, -0.15) is 0 Å². The third-order valence-electron chi connectivity index (χ3n) is 2.32. The van der Waals surface area contributed by atoms with Crippen LogP contribution in [0.4, 0.5) is 10.2 Å². The van der Waals surface area contributed by atoms with Gasteiger partial charge in [0.2, 0.25) is 0 Å². The summed E-state index contributed by atoms with van der Waals surface area (Å²) in [4.78, 5) is 14.7. The lowest BCUT2D eigenvalue weighted by atomic mass is 10.2. The summed E-state index contributed by atoms with van der Waals surface area (Å²) in [6.07, 6.45) is 1.79. The van der Waals surface area contributed by atoms with Crippen LogP contribution in [-0.2, 0) is 0 Å². The molecule has 1 amide bonds. The number of nitrogens with one attached hydrogen (secondary N) is 2. The Hall–Kier alpha value is -2.23. The molecule has 4 heteroatoms. The molecule has 0 saturated carbocycles. The van der Waals surface area contributed by atoms with E-state index < -0.39 is 0 Å². The Morgan fingerprint density at radius 3 is 2.47 bits per heavy atom. The van der Waals surface area contributed by atoms with Crippen molar-refractivity contribution in [1.29, 1.82) is 0 Å². The van der Waals surface area contributed by atoms with Crippen molar-refractivity contribution in [1.82, 2.24) is 0 Å². The number of hydrogen-bond donors (Lipinski definition) is 1. The molecule has 0 aliphatic carbocycles. The zero-order chi connectivity index (χ0) is 12.3. The summed E-state index contributed by atoms with van der Waals surface area (Å²) < 4.78 is 12.7. The van der Waals surface area contributed by atoms with Crippen molar-refractivity contribution in [3.8, 4) is 0 Å². The highest BCUT2D eigenvalue weighted by Gasteiger charge is 2.12. The van der Waals surface area contributed by atoms with Crippen LogP contribution in [0.3, 0.4) is 0 Å². The number of carbonyl (C=O) groups excluding carboxylic acids is 1. The van der Waals surface area contributed by atoms with Crippen molar-refractivity contribution in [2.45, 2.75) is 6.92 Å². The van der Waals surface area contributed by atoms with Gasteiger partial charge in [0.1, 0.15) is 5.82 Å². The number of aromatic amines is 1. The van der Waals surface area contributed by atoms with E-state index in [9.17, 15) is 9.18 Å². The summed E-state index contributed by atoms with van der Waals surface area (Å²) in [6, 6.07) is 9.06. The summed E-state index contributed by atoms with van der Waals surface area (Å²) in [7, 11) is 0. The highest BCUT2D eigenvalue weighted by atomic mass is 19.1. The Morgan fingerprint density at radius 1 is 1.18 bits per heavy atom. The maximum atomic E-state index is 12.7. The van der Waals surface area contributed by atoms with Crippen molar-refractivity contribution in [3.63, 3.8) is 0 Å². The van der Waals surface area contributed by atoms with Crippen molar-refractivity contribution < 1.29 is 14.2 Å². The average Bonchev–Trinajstić information content (AvgIpc) is 2.33. The van der Waals surface area contributed by atoms with Gasteiger partial charge in [-0.1, -0.05) is 0 Å². The van der Waals surface area contributed by atoms with Crippen molar-refractivity contribution in [3.05, 3.63) is 59.5 Å². The molecule has 0 radical (unpaired) electrons. The second-order valence-electron chi connectivity index (χ2n) is 3.74. The lowest BCUT2D eigenvalue weighted by Gasteiger charge is -1.98. The largest absolute Gasteiger partial charge is 0.339 e. The summed E-state index contributed by atoms with van der Waals surface area (Å²) in [5.74, 6) is -0.0292. The quantitative estimate of drug-likeness (QED) is 0.846. The first-order chi connectivity index (χ1) is 8.15. The summed E-state index contributed by atoms with van der Waals surface area (Å²) in [6.45, 7) is 1.95. The van der Waals surface area contributed by atoms with Gasteiger partial charge in [0.05, 0.1) is 11.8 Å². The standard InChI is InChI=1S/C13H11FN2O/c1-9-2-7-12(15-8-9)16-13(17)10-3-5-11(14)6-4-10/h2-8H,1H3,(H,15,16,17)/p+1. The van der Waals surface area contributed by atoms with Crippen LogP contribution in [0.5, 0.6) is 0 Å². The summed E-state index contributed by atoms with van der Waals surface area (Å²) >= 11 is 0. The summed E-state index contributed by atoms with van der Waals surface area (Å²) in [5, 5.41) is 2.69. The van der Waals surface area contributed by atoms with Crippen LogP contribution in [0.25, 0.3) is 0 Å². The monoisotopic (exact) mass is 231 g/mol. The van der Waals surface area contributed by atoms with E-state index in [1.54, 1.807) is 12.3 Å². The van der Waals surface area contributed by atoms with Gasteiger partial charge in [-0.05, 0) is 42.8 Å². The van der Waals surface area contributed by atoms with E-state index in [4.69, 9.17) is 0 Å². The third kappa shape index (κ3) is 2.87. The minimum Gasteiger partial charge on any atom is -0.247 e. The molecule has 0 bridgehead atoms. The second kappa shape index (κ2) is 4.74. The predicted octanol–water partition coefficient (Wildman–Crippen LogP) is 2.20. The molecule has 0 atom stereocenters. The van der Waals surface area contributed by atoms with E-state index >= 15 is 0 Å². The fourth-order valence-electron chi connectivity index (χ4n) is 1.38. The Bertz CT molecular complexity index is 520. The van der Waals surface area contributed by atoms with Gasteiger partial charge < -0.3 is 0 Å². The number of pyridine rings is 1. The number of aromatic nitrogens is 1. The minimum atomic E-state index is -0.358. The number of aryl methyl sites for hydroxylation is 1. The summed E-state index contributed by atoms with van der Waals surface area (Å²) in [5.41, 5.74) is 1.49. The fourth-order valence-corrected chi connectivity index (χ4v) is 1.38. The molecule has 0 unspecified atom stereocenters. The van der Waals surface area contributed by atoms with E-state index in [0.717, 1.165) is 5.56 Å². The molecule has 0 spiro atoms. The van der Waals surface area contributed by atoms with E-state index in [0.29, 0.717) is 11.4 Å². The lowest BCUT2D eigenvalue weighted by molar-refractivity contribution is -0.361. The number of H-pyrrole nitrogens is 1. The Kier molecular flexibility index (Phi) is 3.14. The number of benzene rings is 1. The molecule has 3 nitrogen and oxygen atoms in total. The highest BCUT2D eigenvalue weighted by Crippen LogP contribution is 2.06. The number of amides is 1. The maximum absolute atomic E-state index is 12.7. The lowest BCUT2D eigenvalue weighted by Crippen LogP contribution is -2.19. The van der Waals surface area contributed by atoms with Crippen molar-refractivity contribution in [2.24, 2.45) is 0 Å². The van der Waals surface area contributed by atoms with Gasteiger partial charge in [-0.15, -0.1) is 0 Å². The minimum absolute atomic E-state index is 0.273. The van der Waals surface area contributed by atoms with Crippen LogP contribution in [0.15, 0.2) is 42.6 Å². The van der Waals surface area contributed by atoms with Gasteiger partial charge >= 0.3 is 5.91 Å². The molecule has 1 aromatic carbocycles. The van der Waals surface area contributed by atoms with Gasteiger partial charge in [-0.3, -0.25) is 0 Å². The van der Waals surface area contributed by atoms with Crippen LogP contribution in [-0.4, -0.2) is 5.91 Å². The first-order valence-electron chi connectivity index (χ1n) is 5.20. The van der Waals surface area contributed by atoms with Crippen LogP contribution in [0, 0.1) is 12.7 Å². The molecule has 86 valence electrons. The number of rotatable bonds is 2. The Labute approximate surface area is 98.3 Å². The topological polar surface area (TPSA) is 43.2 Å². The highest BCUT2D eigenvalue weighted by molar-refractivity contribution is 6.03. The molecule has 0 aliphatic rings. The molecular formula is C13H12FN2O+. The number of halogens is 1. The molecule has 0 aliphatic heterocycles. The van der Waals surface area contributed by atoms with E-state index in [-0.39, 0.29) is 11.7 Å². The van der Waals surface area contributed by atoms with Gasteiger partial charge in [-0.25, -0.2) is 19.5 Å². The second-order valence-corrected chi connectivity index (χ2v) is 3.74. The predicted molar refractivity (Wildman–Crippen MR) is 62.1 cm³/mol. The van der Waals surface area contributed by atoms with E-state index in [1.807, 2.05) is 13.0 Å². The number of hydrogen-bond acceptors (Lipinski definition) is 1. The van der Waals surface area contributed by atoms with Crippen LogP contribution in [0.2, 0.25) is 0 Å². The van der Waals surface area contributed by atoms with Crippen LogP contribution in [0.1, 0.15) is 15.9 Å². The molecule has 2 rings (SSSR count). The van der Waals surface area contributed by atoms with Crippen LogP contribution >= 0.6 is 0 Å². The maximum Gasteiger partial charge on any atom is 0.339 e. The van der Waals surface area contributed by atoms with E-state index in [1.165, 1.54) is 24.3 Å². The Balaban J connectivity index is 2.11. The normalized spacial score (nSPS) is 10.0. The molecular weight excluding hydrogens is 219 g/mol. The number of carbonyl (C=O) groups is 1. The molecule has 0 fully saturated rings. The first kappa shape index (κ1) is 11.3. The fraction of sp³-hybridized carbons (Fsp3) is 0.0769. The molecule has 2 N–H and O–H groups in total. The SMILES string of the molecule is Cc1ccc(NC(=O)c2ccc(F)cc2)[nH+]c1. The van der Waals surface area contributed by atoms with Gasteiger partial charge in [0.25, 0.3) is 5.82 Å². The van der Waals surface area contributed by atoms with Gasteiger partial charge in [0, 0.05) is 6.07 Å². The van der Waals surface area contributed by atoms with Crippen LogP contribution < -0.4 is 10.3 Å². The molecule has 1 aromatic heterocycles.